The first-order chi connectivity index (χ1) is 13.0. The first-order valence-corrected chi connectivity index (χ1v) is 8.95. The van der Waals surface area contributed by atoms with E-state index in [-0.39, 0.29) is 17.7 Å². The van der Waals surface area contributed by atoms with Gasteiger partial charge in [0.15, 0.2) is 0 Å². The first kappa shape index (κ1) is 17.2. The van der Waals surface area contributed by atoms with Crippen LogP contribution in [0.5, 0.6) is 0 Å². The van der Waals surface area contributed by atoms with E-state index >= 15 is 0 Å². The Morgan fingerprint density at radius 2 is 1.89 bits per heavy atom. The largest absolute Gasteiger partial charge is 0.369 e. The topological polar surface area (TPSA) is 102 Å². The second-order valence-electron chi connectivity index (χ2n) is 6.84. The number of amides is 2. The van der Waals surface area contributed by atoms with Crippen molar-refractivity contribution < 1.29 is 14.1 Å². The van der Waals surface area contributed by atoms with Crippen LogP contribution in [0.1, 0.15) is 28.9 Å². The highest BCUT2D eigenvalue weighted by atomic mass is 16.5. The fraction of sp³-hybridized carbons (Fsp3) is 0.300. The predicted octanol–water partition coefficient (Wildman–Crippen LogP) is 2.54. The Bertz CT molecular complexity index is 1000. The number of carbonyl (C=O) groups is 2. The van der Waals surface area contributed by atoms with Crippen LogP contribution in [0.2, 0.25) is 0 Å². The highest BCUT2D eigenvalue weighted by Crippen LogP contribution is 2.29. The Balaban J connectivity index is 1.73. The molecule has 27 heavy (non-hydrogen) atoms. The minimum absolute atomic E-state index is 0.103. The van der Waals surface area contributed by atoms with Crippen LogP contribution < -0.4 is 5.73 Å². The Kier molecular flexibility index (Phi) is 4.35. The minimum Gasteiger partial charge on any atom is -0.369 e. The summed E-state index contributed by atoms with van der Waals surface area (Å²) in [6, 6.07) is 11.4. The summed E-state index contributed by atoms with van der Waals surface area (Å²) in [6.07, 6.45) is 1.17. The Morgan fingerprint density at radius 1 is 1.19 bits per heavy atom. The minimum atomic E-state index is -0.297. The summed E-state index contributed by atoms with van der Waals surface area (Å²) in [7, 11) is 0. The van der Waals surface area contributed by atoms with Gasteiger partial charge in [-0.25, -0.2) is 4.98 Å². The zero-order valence-corrected chi connectivity index (χ0v) is 15.0. The van der Waals surface area contributed by atoms with Gasteiger partial charge in [0, 0.05) is 24.6 Å². The number of carbonyl (C=O) groups excluding carboxylic acids is 2. The number of piperidine rings is 1. The van der Waals surface area contributed by atoms with Crippen LogP contribution in [0, 0.1) is 12.8 Å². The van der Waals surface area contributed by atoms with Crippen LogP contribution >= 0.6 is 0 Å². The van der Waals surface area contributed by atoms with Crippen LogP contribution in [0.3, 0.4) is 0 Å². The summed E-state index contributed by atoms with van der Waals surface area (Å²) in [4.78, 5) is 30.9. The van der Waals surface area contributed by atoms with Crippen molar-refractivity contribution in [3.8, 4) is 11.3 Å². The van der Waals surface area contributed by atoms with Gasteiger partial charge >= 0.3 is 0 Å². The maximum absolute atomic E-state index is 13.2. The summed E-state index contributed by atoms with van der Waals surface area (Å²) in [6.45, 7) is 2.80. The van der Waals surface area contributed by atoms with Crippen molar-refractivity contribution in [2.24, 2.45) is 11.7 Å². The third kappa shape index (κ3) is 3.16. The smallest absolute Gasteiger partial charge is 0.259 e. The molecule has 4 rings (SSSR count). The Labute approximate surface area is 156 Å². The molecule has 7 nitrogen and oxygen atoms in total. The van der Waals surface area contributed by atoms with Crippen LogP contribution in [-0.4, -0.2) is 39.9 Å². The number of likely N-dealkylation sites (tertiary alicyclic amines) is 1. The maximum atomic E-state index is 13.2. The lowest BCUT2D eigenvalue weighted by atomic mass is 9.95. The van der Waals surface area contributed by atoms with Crippen LogP contribution in [-0.2, 0) is 4.79 Å². The van der Waals surface area contributed by atoms with Crippen molar-refractivity contribution in [3.63, 3.8) is 0 Å². The molecule has 138 valence electrons. The standard InChI is InChI=1S/C20H20N4O3/c1-12-17-15(20(26)24-9-7-14(8-10-24)18(21)25)11-16(22-19(17)27-23-12)13-5-3-2-4-6-13/h2-6,11,14H,7-10H2,1H3,(H2,21,25). The molecule has 3 heterocycles. The third-order valence-corrected chi connectivity index (χ3v) is 5.10. The number of hydrogen-bond donors (Lipinski definition) is 1. The van der Waals surface area contributed by atoms with Crippen LogP contribution in [0.15, 0.2) is 40.9 Å². The lowest BCUT2D eigenvalue weighted by Gasteiger charge is -2.30. The van der Waals surface area contributed by atoms with Crippen molar-refractivity contribution in [1.82, 2.24) is 15.0 Å². The fourth-order valence-corrected chi connectivity index (χ4v) is 3.56. The van der Waals surface area contributed by atoms with Gasteiger partial charge in [0.2, 0.25) is 5.91 Å². The zero-order valence-electron chi connectivity index (χ0n) is 15.0. The zero-order chi connectivity index (χ0) is 19.0. The van der Waals surface area contributed by atoms with Gasteiger partial charge in [-0.3, -0.25) is 9.59 Å². The van der Waals surface area contributed by atoms with Crippen molar-refractivity contribution >= 4 is 22.9 Å². The van der Waals surface area contributed by atoms with E-state index in [0.29, 0.717) is 54.0 Å². The van der Waals surface area contributed by atoms with E-state index in [1.807, 2.05) is 30.3 Å². The molecule has 1 aromatic carbocycles. The molecule has 3 aromatic rings. The maximum Gasteiger partial charge on any atom is 0.259 e. The number of hydrogen-bond acceptors (Lipinski definition) is 5. The molecule has 2 N–H and O–H groups in total. The number of aryl methyl sites for hydroxylation is 1. The second-order valence-corrected chi connectivity index (χ2v) is 6.84. The summed E-state index contributed by atoms with van der Waals surface area (Å²) in [5.41, 5.74) is 8.46. The van der Waals surface area contributed by atoms with Gasteiger partial charge in [0.05, 0.1) is 22.3 Å². The van der Waals surface area contributed by atoms with E-state index < -0.39 is 0 Å². The monoisotopic (exact) mass is 364 g/mol. The molecule has 0 bridgehead atoms. The number of aromatic nitrogens is 2. The molecule has 7 heteroatoms. The number of pyridine rings is 1. The van der Waals surface area contributed by atoms with Gasteiger partial charge in [0.25, 0.3) is 11.6 Å². The summed E-state index contributed by atoms with van der Waals surface area (Å²) in [5, 5.41) is 4.62. The van der Waals surface area contributed by atoms with E-state index in [0.717, 1.165) is 5.56 Å². The van der Waals surface area contributed by atoms with E-state index in [9.17, 15) is 9.59 Å². The van der Waals surface area contributed by atoms with Gasteiger partial charge in [-0.15, -0.1) is 0 Å². The van der Waals surface area contributed by atoms with Crippen LogP contribution in [0.4, 0.5) is 0 Å². The molecular weight excluding hydrogens is 344 g/mol. The second kappa shape index (κ2) is 6.83. The highest BCUT2D eigenvalue weighted by molar-refractivity contribution is 6.07. The molecule has 0 aliphatic carbocycles. The fourth-order valence-electron chi connectivity index (χ4n) is 3.56. The number of benzene rings is 1. The average Bonchev–Trinajstić information content (AvgIpc) is 3.08. The summed E-state index contributed by atoms with van der Waals surface area (Å²) < 4.78 is 5.34. The van der Waals surface area contributed by atoms with Crippen molar-refractivity contribution in [3.05, 3.63) is 47.7 Å². The molecule has 0 saturated carbocycles. The molecule has 0 radical (unpaired) electrons. The number of primary amides is 1. The average molecular weight is 364 g/mol. The van der Waals surface area contributed by atoms with E-state index in [2.05, 4.69) is 10.1 Å². The highest BCUT2D eigenvalue weighted by Gasteiger charge is 2.29. The van der Waals surface area contributed by atoms with E-state index in [1.165, 1.54) is 0 Å². The van der Waals surface area contributed by atoms with Crippen molar-refractivity contribution in [2.45, 2.75) is 19.8 Å². The summed E-state index contributed by atoms with van der Waals surface area (Å²) >= 11 is 0. The Hall–Kier alpha value is -3.22. The van der Waals surface area contributed by atoms with Gasteiger partial charge in [-0.1, -0.05) is 35.5 Å². The molecule has 0 spiro atoms. The van der Waals surface area contributed by atoms with Crippen molar-refractivity contribution in [2.75, 3.05) is 13.1 Å². The van der Waals surface area contributed by atoms with Gasteiger partial charge in [-0.05, 0) is 25.8 Å². The van der Waals surface area contributed by atoms with Gasteiger partial charge in [-0.2, -0.15) is 0 Å². The normalized spacial score (nSPS) is 15.2. The Morgan fingerprint density at radius 3 is 2.56 bits per heavy atom. The van der Waals surface area contributed by atoms with Gasteiger partial charge in [0.1, 0.15) is 0 Å². The molecule has 1 saturated heterocycles. The van der Waals surface area contributed by atoms with Crippen LogP contribution in [0.25, 0.3) is 22.4 Å². The molecule has 2 amide bonds. The van der Waals surface area contributed by atoms with E-state index in [4.69, 9.17) is 10.3 Å². The molecule has 2 aromatic heterocycles. The lowest BCUT2D eigenvalue weighted by molar-refractivity contribution is -0.123. The predicted molar refractivity (Wildman–Crippen MR) is 99.8 cm³/mol. The first-order valence-electron chi connectivity index (χ1n) is 8.95. The van der Waals surface area contributed by atoms with Crippen molar-refractivity contribution in [1.29, 1.82) is 0 Å². The molecule has 1 fully saturated rings. The molecular formula is C20H20N4O3. The SMILES string of the molecule is Cc1noc2nc(-c3ccccc3)cc(C(=O)N3CCC(C(N)=O)CC3)c12. The van der Waals surface area contributed by atoms with E-state index in [1.54, 1.807) is 17.9 Å². The lowest BCUT2D eigenvalue weighted by Crippen LogP contribution is -2.41. The number of fused-ring (bicyclic) bond motifs is 1. The number of nitrogens with zero attached hydrogens (tertiary/aromatic N) is 3. The molecule has 1 aliphatic rings. The third-order valence-electron chi connectivity index (χ3n) is 5.10. The summed E-state index contributed by atoms with van der Waals surface area (Å²) in [5.74, 6) is -0.563. The molecule has 0 atom stereocenters. The van der Waals surface area contributed by atoms with Gasteiger partial charge < -0.3 is 15.2 Å². The molecule has 1 aliphatic heterocycles. The quantitative estimate of drug-likeness (QED) is 0.769. The number of nitrogens with two attached hydrogens (primary N) is 1. The molecule has 0 unspecified atom stereocenters. The number of rotatable bonds is 3.